The molecule has 29 heavy (non-hydrogen) atoms. The number of carbonyl (C=O) groups excluding carboxylic acids is 1. The molecular formula is C23H28N2O3S. The number of hydrogen-bond donors (Lipinski definition) is 1. The molecule has 1 amide bonds. The lowest BCUT2D eigenvalue weighted by Gasteiger charge is -2.30. The lowest BCUT2D eigenvalue weighted by atomic mass is 10.0. The maximum Gasteiger partial charge on any atom is 0.244 e. The average Bonchev–Trinajstić information content (AvgIpc) is 2.80. The van der Waals surface area contributed by atoms with Crippen LogP contribution < -0.4 is 5.32 Å². The zero-order valence-corrected chi connectivity index (χ0v) is 17.8. The van der Waals surface area contributed by atoms with Crippen molar-refractivity contribution in [1.29, 1.82) is 0 Å². The summed E-state index contributed by atoms with van der Waals surface area (Å²) in [5.41, 5.74) is 2.39. The zero-order chi connectivity index (χ0) is 21.0. The van der Waals surface area contributed by atoms with E-state index in [0.717, 1.165) is 11.1 Å². The second kappa shape index (κ2) is 8.93. The van der Waals surface area contributed by atoms with Gasteiger partial charge in [0.2, 0.25) is 15.9 Å². The van der Waals surface area contributed by atoms with E-state index in [1.807, 2.05) is 50.2 Å². The normalized spacial score (nSPS) is 17.4. The van der Waals surface area contributed by atoms with Crippen LogP contribution in [0.5, 0.6) is 0 Å². The Balaban J connectivity index is 1.91. The predicted molar refractivity (Wildman–Crippen MR) is 116 cm³/mol. The van der Waals surface area contributed by atoms with Gasteiger partial charge in [0.15, 0.2) is 0 Å². The number of amides is 1. The molecule has 0 saturated carbocycles. The van der Waals surface area contributed by atoms with Gasteiger partial charge in [0, 0.05) is 13.1 Å². The van der Waals surface area contributed by atoms with Crippen LogP contribution in [0.25, 0.3) is 5.57 Å². The third-order valence-corrected chi connectivity index (χ3v) is 7.11. The van der Waals surface area contributed by atoms with Crippen LogP contribution in [-0.2, 0) is 21.4 Å². The van der Waals surface area contributed by atoms with E-state index in [9.17, 15) is 13.2 Å². The molecular weight excluding hydrogens is 384 g/mol. The van der Waals surface area contributed by atoms with Gasteiger partial charge in [-0.15, -0.1) is 0 Å². The summed E-state index contributed by atoms with van der Waals surface area (Å²) in [6.07, 6.45) is 0.950. The van der Waals surface area contributed by atoms with Crippen LogP contribution in [0, 0.1) is 5.92 Å². The molecule has 2 aromatic carbocycles. The quantitative estimate of drug-likeness (QED) is 0.784. The van der Waals surface area contributed by atoms with Gasteiger partial charge < -0.3 is 5.32 Å². The van der Waals surface area contributed by atoms with Crippen LogP contribution in [0.3, 0.4) is 0 Å². The molecule has 5 nitrogen and oxygen atoms in total. The minimum absolute atomic E-state index is 0.166. The molecule has 1 aliphatic rings. The molecule has 0 fully saturated rings. The molecule has 1 N–H and O–H groups in total. The third kappa shape index (κ3) is 4.77. The first-order valence-corrected chi connectivity index (χ1v) is 11.4. The fourth-order valence-electron chi connectivity index (χ4n) is 3.64. The molecule has 1 aliphatic heterocycles. The number of fused-ring (bicyclic) bond motifs is 1. The number of benzene rings is 2. The van der Waals surface area contributed by atoms with Crippen LogP contribution in [-0.4, -0.2) is 31.2 Å². The van der Waals surface area contributed by atoms with E-state index < -0.39 is 16.1 Å². The Bertz CT molecular complexity index is 984. The molecule has 0 aromatic heterocycles. The highest BCUT2D eigenvalue weighted by molar-refractivity contribution is 7.89. The largest absolute Gasteiger partial charge is 0.351 e. The summed E-state index contributed by atoms with van der Waals surface area (Å²) in [6.45, 7) is 8.66. The van der Waals surface area contributed by atoms with E-state index in [4.69, 9.17) is 0 Å². The molecule has 2 aromatic rings. The van der Waals surface area contributed by atoms with Crippen molar-refractivity contribution < 1.29 is 13.2 Å². The first-order valence-electron chi connectivity index (χ1n) is 9.91. The van der Waals surface area contributed by atoms with Gasteiger partial charge in [-0.1, -0.05) is 69.0 Å². The maximum atomic E-state index is 13.5. The summed E-state index contributed by atoms with van der Waals surface area (Å²) in [6, 6.07) is 15.7. The van der Waals surface area contributed by atoms with Crippen LogP contribution in [0.4, 0.5) is 0 Å². The monoisotopic (exact) mass is 412 g/mol. The van der Waals surface area contributed by atoms with Crippen LogP contribution in [0.15, 0.2) is 66.1 Å². The van der Waals surface area contributed by atoms with Crippen LogP contribution in [0.1, 0.15) is 37.8 Å². The summed E-state index contributed by atoms with van der Waals surface area (Å²) < 4.78 is 28.3. The maximum absolute atomic E-state index is 13.5. The zero-order valence-electron chi connectivity index (χ0n) is 17.0. The van der Waals surface area contributed by atoms with Crippen molar-refractivity contribution in [1.82, 2.24) is 9.62 Å². The van der Waals surface area contributed by atoms with Crippen molar-refractivity contribution in [3.8, 4) is 0 Å². The molecule has 1 atom stereocenters. The highest BCUT2D eigenvalue weighted by atomic mass is 32.2. The molecule has 0 radical (unpaired) electrons. The fraction of sp³-hybridized carbons (Fsp3) is 0.348. The van der Waals surface area contributed by atoms with Crippen molar-refractivity contribution >= 4 is 21.5 Å². The van der Waals surface area contributed by atoms with E-state index in [1.165, 1.54) is 4.31 Å². The number of rotatable bonds is 6. The summed E-state index contributed by atoms with van der Waals surface area (Å²) in [7, 11) is -3.81. The van der Waals surface area contributed by atoms with Crippen LogP contribution >= 0.6 is 0 Å². The smallest absolute Gasteiger partial charge is 0.244 e. The van der Waals surface area contributed by atoms with Crippen molar-refractivity contribution in [2.75, 3.05) is 6.54 Å². The number of nitrogens with one attached hydrogen (secondary N) is 1. The molecule has 0 spiro atoms. The molecule has 0 saturated heterocycles. The predicted octanol–water partition coefficient (Wildman–Crippen LogP) is 3.83. The molecule has 3 rings (SSSR count). The van der Waals surface area contributed by atoms with Crippen molar-refractivity contribution in [3.63, 3.8) is 0 Å². The second-order valence-electron chi connectivity index (χ2n) is 7.81. The van der Waals surface area contributed by atoms with E-state index in [2.05, 4.69) is 11.9 Å². The minimum atomic E-state index is -3.81. The van der Waals surface area contributed by atoms with Gasteiger partial charge in [0.05, 0.1) is 4.90 Å². The van der Waals surface area contributed by atoms with Gasteiger partial charge in [-0.2, -0.15) is 4.31 Å². The third-order valence-electron chi connectivity index (χ3n) is 5.14. The first kappa shape index (κ1) is 21.3. The van der Waals surface area contributed by atoms with Gasteiger partial charge >= 0.3 is 0 Å². The minimum Gasteiger partial charge on any atom is -0.351 e. The highest BCUT2D eigenvalue weighted by Crippen LogP contribution is 2.33. The first-order chi connectivity index (χ1) is 13.8. The van der Waals surface area contributed by atoms with E-state index in [0.29, 0.717) is 24.9 Å². The standard InChI is InChI=1S/C23H28N2O3S/c1-17(2)15-21(23(26)24-16-19-9-5-4-6-10-19)25-14-13-18(3)20-11-7-8-12-22(20)29(25,27)28/h4-12,17,21H,3,13-16H2,1-2H3,(H,24,26)/t21-/m1/s1. The second-order valence-corrected chi connectivity index (χ2v) is 9.67. The molecule has 0 unspecified atom stereocenters. The Morgan fingerprint density at radius 1 is 1.10 bits per heavy atom. The van der Waals surface area contributed by atoms with E-state index in [1.54, 1.807) is 18.2 Å². The molecule has 6 heteroatoms. The van der Waals surface area contributed by atoms with E-state index in [-0.39, 0.29) is 23.3 Å². The van der Waals surface area contributed by atoms with E-state index >= 15 is 0 Å². The SMILES string of the molecule is C=C1CCN([C@H](CC(C)C)C(=O)NCc2ccccc2)S(=O)(=O)c2ccccc21. The Labute approximate surface area is 173 Å². The van der Waals surface area contributed by atoms with Gasteiger partial charge in [-0.25, -0.2) is 8.42 Å². The lowest BCUT2D eigenvalue weighted by Crippen LogP contribution is -2.50. The van der Waals surface area contributed by atoms with Gasteiger partial charge in [0.25, 0.3) is 0 Å². The number of hydrogen-bond acceptors (Lipinski definition) is 3. The van der Waals surface area contributed by atoms with Gasteiger partial charge in [-0.3, -0.25) is 4.79 Å². The van der Waals surface area contributed by atoms with Crippen molar-refractivity contribution in [3.05, 3.63) is 72.3 Å². The Kier molecular flexibility index (Phi) is 6.55. The molecule has 154 valence electrons. The van der Waals surface area contributed by atoms with Crippen molar-refractivity contribution in [2.45, 2.75) is 44.2 Å². The number of nitrogens with zero attached hydrogens (tertiary/aromatic N) is 1. The number of sulfonamides is 1. The van der Waals surface area contributed by atoms with Gasteiger partial charge in [-0.05, 0) is 41.5 Å². The van der Waals surface area contributed by atoms with Gasteiger partial charge in [0.1, 0.15) is 6.04 Å². The van der Waals surface area contributed by atoms with Crippen molar-refractivity contribution in [2.24, 2.45) is 5.92 Å². The topological polar surface area (TPSA) is 66.5 Å². The Morgan fingerprint density at radius 3 is 2.45 bits per heavy atom. The molecule has 0 aliphatic carbocycles. The summed E-state index contributed by atoms with van der Waals surface area (Å²) in [5.74, 6) is -0.101. The number of carbonyl (C=O) groups is 1. The van der Waals surface area contributed by atoms with Crippen LogP contribution in [0.2, 0.25) is 0 Å². The highest BCUT2D eigenvalue weighted by Gasteiger charge is 2.39. The Hall–Kier alpha value is -2.44. The molecule has 0 bridgehead atoms. The Morgan fingerprint density at radius 2 is 1.76 bits per heavy atom. The summed E-state index contributed by atoms with van der Waals surface area (Å²) in [4.78, 5) is 13.3. The summed E-state index contributed by atoms with van der Waals surface area (Å²) in [5, 5.41) is 2.93. The average molecular weight is 413 g/mol. The lowest BCUT2D eigenvalue weighted by molar-refractivity contribution is -0.125. The fourth-order valence-corrected chi connectivity index (χ4v) is 5.48. The summed E-state index contributed by atoms with van der Waals surface area (Å²) >= 11 is 0. The molecule has 1 heterocycles.